The van der Waals surface area contributed by atoms with E-state index in [0.717, 1.165) is 12.8 Å². The Hall–Kier alpha value is -3.22. The number of ether oxygens (including phenoxy) is 3. The molecule has 1 aliphatic carbocycles. The third-order valence-electron chi connectivity index (χ3n) is 4.24. The number of hydrogen-bond acceptors (Lipinski definition) is 5. The second-order valence-electron chi connectivity index (χ2n) is 6.19. The zero-order valence-corrected chi connectivity index (χ0v) is 15.5. The SMILES string of the molecule is COc1cc(C(=O)Nc2ccc(C(=O)NC3CC3)cc2)cc(OC)c1OC. The molecular formula is C20H22N2O5. The predicted octanol–water partition coefficient (Wildman–Crippen LogP) is 2.86. The van der Waals surface area contributed by atoms with Crippen LogP contribution in [-0.4, -0.2) is 39.2 Å². The minimum atomic E-state index is -0.329. The first-order valence-corrected chi connectivity index (χ1v) is 8.58. The zero-order valence-electron chi connectivity index (χ0n) is 15.5. The number of carbonyl (C=O) groups excluding carboxylic acids is 2. The number of carbonyl (C=O) groups is 2. The standard InChI is InChI=1S/C20H22N2O5/c1-25-16-10-13(11-17(26-2)18(16)27-3)20(24)22-14-6-4-12(5-7-14)19(23)21-15-8-9-15/h4-7,10-11,15H,8-9H2,1-3H3,(H,21,23)(H,22,24). The van der Waals surface area contributed by atoms with Gasteiger partial charge in [-0.05, 0) is 49.2 Å². The number of rotatable bonds is 7. The highest BCUT2D eigenvalue weighted by atomic mass is 16.5. The summed E-state index contributed by atoms with van der Waals surface area (Å²) < 4.78 is 15.8. The Labute approximate surface area is 157 Å². The van der Waals surface area contributed by atoms with E-state index in [4.69, 9.17) is 14.2 Å². The molecule has 0 radical (unpaired) electrons. The van der Waals surface area contributed by atoms with Crippen molar-refractivity contribution in [2.75, 3.05) is 26.6 Å². The van der Waals surface area contributed by atoms with E-state index in [1.54, 1.807) is 36.4 Å². The first-order valence-electron chi connectivity index (χ1n) is 8.58. The van der Waals surface area contributed by atoms with Gasteiger partial charge in [-0.25, -0.2) is 0 Å². The first-order chi connectivity index (χ1) is 13.0. The fraction of sp³-hybridized carbons (Fsp3) is 0.300. The Morgan fingerprint density at radius 1 is 0.852 bits per heavy atom. The molecule has 1 fully saturated rings. The molecule has 0 aromatic heterocycles. The van der Waals surface area contributed by atoms with E-state index in [1.807, 2.05) is 0 Å². The van der Waals surface area contributed by atoms with Crippen molar-refractivity contribution in [2.45, 2.75) is 18.9 Å². The van der Waals surface area contributed by atoms with Crippen molar-refractivity contribution in [2.24, 2.45) is 0 Å². The van der Waals surface area contributed by atoms with Crippen LogP contribution in [0.5, 0.6) is 17.2 Å². The van der Waals surface area contributed by atoms with Gasteiger partial charge in [0.1, 0.15) is 0 Å². The lowest BCUT2D eigenvalue weighted by molar-refractivity contribution is 0.0950. The fourth-order valence-corrected chi connectivity index (χ4v) is 2.62. The molecule has 1 aliphatic rings. The van der Waals surface area contributed by atoms with Crippen LogP contribution >= 0.6 is 0 Å². The highest BCUT2D eigenvalue weighted by Crippen LogP contribution is 2.38. The summed E-state index contributed by atoms with van der Waals surface area (Å²) in [6, 6.07) is 10.2. The van der Waals surface area contributed by atoms with E-state index >= 15 is 0 Å². The van der Waals surface area contributed by atoms with Crippen molar-refractivity contribution in [1.82, 2.24) is 5.32 Å². The maximum atomic E-state index is 12.6. The van der Waals surface area contributed by atoms with Gasteiger partial charge in [0.15, 0.2) is 11.5 Å². The smallest absolute Gasteiger partial charge is 0.255 e. The Kier molecular flexibility index (Phi) is 5.49. The summed E-state index contributed by atoms with van der Waals surface area (Å²) in [5, 5.41) is 5.72. The number of anilines is 1. The number of nitrogens with one attached hydrogen (secondary N) is 2. The third kappa shape index (κ3) is 4.31. The second kappa shape index (κ2) is 7.99. The molecule has 2 aromatic carbocycles. The van der Waals surface area contributed by atoms with Crippen molar-refractivity contribution in [3.05, 3.63) is 47.5 Å². The summed E-state index contributed by atoms with van der Waals surface area (Å²) in [6.07, 6.45) is 2.07. The molecule has 1 saturated carbocycles. The maximum absolute atomic E-state index is 12.6. The number of benzene rings is 2. The van der Waals surface area contributed by atoms with Crippen LogP contribution in [0, 0.1) is 0 Å². The van der Waals surface area contributed by atoms with Crippen LogP contribution in [0.1, 0.15) is 33.6 Å². The quantitative estimate of drug-likeness (QED) is 0.783. The van der Waals surface area contributed by atoms with E-state index in [0.29, 0.717) is 40.1 Å². The molecule has 0 unspecified atom stereocenters. The van der Waals surface area contributed by atoms with Gasteiger partial charge in [0, 0.05) is 22.9 Å². The molecule has 0 saturated heterocycles. The van der Waals surface area contributed by atoms with Crippen molar-refractivity contribution >= 4 is 17.5 Å². The van der Waals surface area contributed by atoms with Gasteiger partial charge in [-0.1, -0.05) is 0 Å². The van der Waals surface area contributed by atoms with Gasteiger partial charge >= 0.3 is 0 Å². The zero-order chi connectivity index (χ0) is 19.4. The maximum Gasteiger partial charge on any atom is 0.255 e. The van der Waals surface area contributed by atoms with Crippen LogP contribution < -0.4 is 24.8 Å². The lowest BCUT2D eigenvalue weighted by atomic mass is 10.1. The molecule has 7 heteroatoms. The van der Waals surface area contributed by atoms with Gasteiger partial charge in [0.25, 0.3) is 11.8 Å². The summed E-state index contributed by atoms with van der Waals surface area (Å²) in [6.45, 7) is 0. The first kappa shape index (κ1) is 18.6. The van der Waals surface area contributed by atoms with Crippen molar-refractivity contribution in [3.63, 3.8) is 0 Å². The molecule has 27 heavy (non-hydrogen) atoms. The molecule has 0 spiro atoms. The molecule has 142 valence electrons. The van der Waals surface area contributed by atoms with Crippen LogP contribution in [0.3, 0.4) is 0 Å². The van der Waals surface area contributed by atoms with Gasteiger partial charge in [-0.2, -0.15) is 0 Å². The molecule has 2 N–H and O–H groups in total. The van der Waals surface area contributed by atoms with Crippen LogP contribution in [0.25, 0.3) is 0 Å². The lowest BCUT2D eigenvalue weighted by Gasteiger charge is -2.14. The second-order valence-corrected chi connectivity index (χ2v) is 6.19. The molecule has 0 atom stereocenters. The van der Waals surface area contributed by atoms with Gasteiger partial charge in [-0.15, -0.1) is 0 Å². The molecule has 0 heterocycles. The van der Waals surface area contributed by atoms with Gasteiger partial charge < -0.3 is 24.8 Å². The normalized spacial score (nSPS) is 12.9. The van der Waals surface area contributed by atoms with Gasteiger partial charge in [0.2, 0.25) is 5.75 Å². The molecular weight excluding hydrogens is 348 g/mol. The van der Waals surface area contributed by atoms with E-state index in [-0.39, 0.29) is 11.8 Å². The average Bonchev–Trinajstić information content (AvgIpc) is 3.51. The van der Waals surface area contributed by atoms with Crippen molar-refractivity contribution in [3.8, 4) is 17.2 Å². The Morgan fingerprint density at radius 2 is 1.44 bits per heavy atom. The van der Waals surface area contributed by atoms with Crippen LogP contribution in [0.15, 0.2) is 36.4 Å². The molecule has 2 amide bonds. The van der Waals surface area contributed by atoms with E-state index in [1.165, 1.54) is 21.3 Å². The van der Waals surface area contributed by atoms with E-state index in [2.05, 4.69) is 10.6 Å². The summed E-state index contributed by atoms with van der Waals surface area (Å²) in [7, 11) is 4.48. The van der Waals surface area contributed by atoms with Gasteiger partial charge in [-0.3, -0.25) is 9.59 Å². The summed E-state index contributed by atoms with van der Waals surface area (Å²) >= 11 is 0. The minimum absolute atomic E-state index is 0.0972. The summed E-state index contributed by atoms with van der Waals surface area (Å²) in [5.74, 6) is 0.787. The van der Waals surface area contributed by atoms with Gasteiger partial charge in [0.05, 0.1) is 21.3 Å². The van der Waals surface area contributed by atoms with Crippen molar-refractivity contribution < 1.29 is 23.8 Å². The molecule has 0 aliphatic heterocycles. The monoisotopic (exact) mass is 370 g/mol. The molecule has 2 aromatic rings. The fourth-order valence-electron chi connectivity index (χ4n) is 2.62. The lowest BCUT2D eigenvalue weighted by Crippen LogP contribution is -2.25. The Morgan fingerprint density at radius 3 is 1.93 bits per heavy atom. The topological polar surface area (TPSA) is 85.9 Å². The number of amides is 2. The highest BCUT2D eigenvalue weighted by Gasteiger charge is 2.23. The Bertz CT molecular complexity index is 819. The highest BCUT2D eigenvalue weighted by molar-refractivity contribution is 6.05. The molecule has 0 bridgehead atoms. The van der Waals surface area contributed by atoms with Crippen LogP contribution in [-0.2, 0) is 0 Å². The predicted molar refractivity (Wildman–Crippen MR) is 101 cm³/mol. The average molecular weight is 370 g/mol. The molecule has 3 rings (SSSR count). The summed E-state index contributed by atoms with van der Waals surface area (Å²) in [4.78, 5) is 24.6. The largest absolute Gasteiger partial charge is 0.493 e. The Balaban J connectivity index is 1.73. The van der Waals surface area contributed by atoms with Crippen LogP contribution in [0.4, 0.5) is 5.69 Å². The minimum Gasteiger partial charge on any atom is -0.493 e. The third-order valence-corrected chi connectivity index (χ3v) is 4.24. The van der Waals surface area contributed by atoms with Crippen molar-refractivity contribution in [1.29, 1.82) is 0 Å². The van der Waals surface area contributed by atoms with E-state index in [9.17, 15) is 9.59 Å². The van der Waals surface area contributed by atoms with Crippen LogP contribution in [0.2, 0.25) is 0 Å². The summed E-state index contributed by atoms with van der Waals surface area (Å²) in [5.41, 5.74) is 1.50. The molecule has 7 nitrogen and oxygen atoms in total. The number of methoxy groups -OCH3 is 3. The number of hydrogen-bond donors (Lipinski definition) is 2. The van der Waals surface area contributed by atoms with E-state index < -0.39 is 0 Å².